The number of pyridine rings is 1. The largest absolute Gasteiger partial charge is 0.383 e. The van der Waals surface area contributed by atoms with Gasteiger partial charge in [0.15, 0.2) is 0 Å². The van der Waals surface area contributed by atoms with Crippen molar-refractivity contribution in [3.05, 3.63) is 88.6 Å². The standard InChI is InChI=1S/C31H26ClF4N5O4/c32-23-4-2-1-3-22(23)27(28(43)39-20-5-8-31(35,36)9-6-20)40(21-13-18(33)12-19(34)14-21)29(44)24-15-25(42)30(45)41(24)26-11-17(16-37)7-10-38-26/h1-4,7,10-14,20,24-25,27,42H,5-6,8-9,15H2,(H,39,43)/t24-,25+,27?/m0/s1. The van der Waals surface area contributed by atoms with Gasteiger partial charge in [0, 0.05) is 48.2 Å². The molecule has 3 aromatic rings. The number of aromatic nitrogens is 1. The quantitative estimate of drug-likeness (QED) is 0.356. The predicted octanol–water partition coefficient (Wildman–Crippen LogP) is 4.82. The number of halogens is 5. The van der Waals surface area contributed by atoms with E-state index in [4.69, 9.17) is 11.6 Å². The van der Waals surface area contributed by atoms with Crippen LogP contribution in [0.15, 0.2) is 60.8 Å². The lowest BCUT2D eigenvalue weighted by Crippen LogP contribution is -2.53. The Bertz CT molecular complexity index is 1660. The molecule has 1 aliphatic carbocycles. The Balaban J connectivity index is 1.63. The van der Waals surface area contributed by atoms with Crippen LogP contribution >= 0.6 is 11.6 Å². The van der Waals surface area contributed by atoms with Crippen molar-refractivity contribution < 1.29 is 37.1 Å². The van der Waals surface area contributed by atoms with E-state index in [-0.39, 0.29) is 34.8 Å². The van der Waals surface area contributed by atoms with Crippen LogP contribution in [0.1, 0.15) is 49.3 Å². The second-order valence-electron chi connectivity index (χ2n) is 10.9. The molecule has 2 aromatic carbocycles. The van der Waals surface area contributed by atoms with Gasteiger partial charge in [0.25, 0.3) is 11.8 Å². The molecule has 234 valence electrons. The van der Waals surface area contributed by atoms with E-state index in [2.05, 4.69) is 10.3 Å². The van der Waals surface area contributed by atoms with Crippen molar-refractivity contribution in [1.29, 1.82) is 5.26 Å². The molecule has 2 aliphatic rings. The van der Waals surface area contributed by atoms with E-state index in [1.54, 1.807) is 6.07 Å². The van der Waals surface area contributed by atoms with Gasteiger partial charge in [-0.2, -0.15) is 5.26 Å². The molecule has 14 heteroatoms. The number of aliphatic hydroxyl groups excluding tert-OH is 1. The van der Waals surface area contributed by atoms with Crippen molar-refractivity contribution in [1.82, 2.24) is 10.3 Å². The van der Waals surface area contributed by atoms with Gasteiger partial charge in [-0.25, -0.2) is 22.5 Å². The SMILES string of the molecule is N#Cc1ccnc(N2C(=O)[C@H](O)C[C@H]2C(=O)N(c2cc(F)cc(F)c2)C(C(=O)NC2CCC(F)(F)CC2)c2ccccc2Cl)c1. The van der Waals surface area contributed by atoms with Gasteiger partial charge in [0.2, 0.25) is 11.8 Å². The summed E-state index contributed by atoms with van der Waals surface area (Å²) in [5.41, 5.74) is -0.284. The molecule has 1 aromatic heterocycles. The molecule has 0 spiro atoms. The van der Waals surface area contributed by atoms with Crippen molar-refractivity contribution in [2.24, 2.45) is 0 Å². The van der Waals surface area contributed by atoms with E-state index in [1.165, 1.54) is 36.5 Å². The third kappa shape index (κ3) is 6.77. The van der Waals surface area contributed by atoms with Crippen molar-refractivity contribution in [3.8, 4) is 6.07 Å². The normalized spacial score (nSPS) is 20.4. The first-order valence-electron chi connectivity index (χ1n) is 14.0. The third-order valence-corrected chi connectivity index (χ3v) is 8.16. The van der Waals surface area contributed by atoms with Crippen molar-refractivity contribution in [3.63, 3.8) is 0 Å². The molecule has 1 unspecified atom stereocenters. The number of anilines is 2. The first-order chi connectivity index (χ1) is 21.4. The summed E-state index contributed by atoms with van der Waals surface area (Å²) in [5, 5.41) is 22.6. The Morgan fingerprint density at radius 2 is 1.78 bits per heavy atom. The summed E-state index contributed by atoms with van der Waals surface area (Å²) in [6.07, 6.45) is -2.02. The van der Waals surface area contributed by atoms with Crippen LogP contribution in [0.25, 0.3) is 0 Å². The van der Waals surface area contributed by atoms with Crippen LogP contribution in [-0.2, 0) is 14.4 Å². The smallest absolute Gasteiger partial charge is 0.257 e. The Labute approximate surface area is 260 Å². The van der Waals surface area contributed by atoms with Gasteiger partial charge in [0.05, 0.1) is 17.3 Å². The van der Waals surface area contributed by atoms with Gasteiger partial charge >= 0.3 is 0 Å². The number of hydrogen-bond donors (Lipinski definition) is 2. The molecule has 3 atom stereocenters. The Morgan fingerprint density at radius 1 is 1.11 bits per heavy atom. The van der Waals surface area contributed by atoms with Crippen LogP contribution in [0.4, 0.5) is 29.1 Å². The molecular formula is C31H26ClF4N5O4. The Hall–Kier alpha value is -4.54. The Kier molecular flexibility index (Phi) is 9.08. The number of carbonyl (C=O) groups excluding carboxylic acids is 3. The zero-order valence-electron chi connectivity index (χ0n) is 23.5. The zero-order valence-corrected chi connectivity index (χ0v) is 24.2. The minimum atomic E-state index is -2.89. The highest BCUT2D eigenvalue weighted by molar-refractivity contribution is 6.31. The number of nitriles is 1. The molecule has 45 heavy (non-hydrogen) atoms. The van der Waals surface area contributed by atoms with Crippen LogP contribution in [0.3, 0.4) is 0 Å². The number of alkyl halides is 2. The Morgan fingerprint density at radius 3 is 2.42 bits per heavy atom. The summed E-state index contributed by atoms with van der Waals surface area (Å²) in [4.78, 5) is 47.5. The van der Waals surface area contributed by atoms with Gasteiger partial charge in [0.1, 0.15) is 35.6 Å². The second kappa shape index (κ2) is 12.8. The highest BCUT2D eigenvalue weighted by Crippen LogP contribution is 2.38. The van der Waals surface area contributed by atoms with E-state index >= 15 is 0 Å². The van der Waals surface area contributed by atoms with Crippen LogP contribution < -0.4 is 15.1 Å². The van der Waals surface area contributed by atoms with Gasteiger partial charge < -0.3 is 10.4 Å². The van der Waals surface area contributed by atoms with Gasteiger partial charge in [-0.3, -0.25) is 24.2 Å². The lowest BCUT2D eigenvalue weighted by Gasteiger charge is -2.37. The maximum Gasteiger partial charge on any atom is 0.257 e. The molecule has 5 rings (SSSR count). The molecule has 2 N–H and O–H groups in total. The molecule has 2 fully saturated rings. The van der Waals surface area contributed by atoms with E-state index in [0.717, 1.165) is 21.9 Å². The first kappa shape index (κ1) is 31.9. The number of carbonyl (C=O) groups is 3. The molecule has 1 saturated carbocycles. The van der Waals surface area contributed by atoms with E-state index in [9.17, 15) is 42.3 Å². The lowest BCUT2D eigenvalue weighted by atomic mass is 9.91. The van der Waals surface area contributed by atoms with Crippen LogP contribution in [0.2, 0.25) is 5.02 Å². The highest BCUT2D eigenvalue weighted by Gasteiger charge is 2.48. The fourth-order valence-corrected chi connectivity index (χ4v) is 5.88. The number of amides is 3. The summed E-state index contributed by atoms with van der Waals surface area (Å²) >= 11 is 6.50. The molecule has 0 radical (unpaired) electrons. The highest BCUT2D eigenvalue weighted by atomic mass is 35.5. The van der Waals surface area contributed by atoms with E-state index in [1.807, 2.05) is 6.07 Å². The van der Waals surface area contributed by atoms with Gasteiger partial charge in [-0.15, -0.1) is 0 Å². The summed E-state index contributed by atoms with van der Waals surface area (Å²) in [5.74, 6) is -8.05. The fraction of sp³-hybridized carbons (Fsp3) is 0.323. The predicted molar refractivity (Wildman–Crippen MR) is 154 cm³/mol. The third-order valence-electron chi connectivity index (χ3n) is 7.82. The minimum absolute atomic E-state index is 0.00489. The van der Waals surface area contributed by atoms with Crippen molar-refractivity contribution in [2.75, 3.05) is 9.80 Å². The number of aliphatic hydroxyl groups is 1. The number of nitrogens with one attached hydrogen (secondary N) is 1. The fourth-order valence-electron chi connectivity index (χ4n) is 5.64. The summed E-state index contributed by atoms with van der Waals surface area (Å²) in [6.45, 7) is 0. The second-order valence-corrected chi connectivity index (χ2v) is 11.3. The lowest BCUT2D eigenvalue weighted by molar-refractivity contribution is -0.128. The van der Waals surface area contributed by atoms with Crippen molar-refractivity contribution >= 4 is 40.8 Å². The van der Waals surface area contributed by atoms with E-state index in [0.29, 0.717) is 6.07 Å². The number of benzene rings is 2. The number of nitrogens with zero attached hydrogens (tertiary/aromatic N) is 4. The minimum Gasteiger partial charge on any atom is -0.383 e. The van der Waals surface area contributed by atoms with Crippen LogP contribution in [0.5, 0.6) is 0 Å². The van der Waals surface area contributed by atoms with Crippen LogP contribution in [-0.4, -0.2) is 51.9 Å². The molecule has 2 heterocycles. The van der Waals surface area contributed by atoms with Gasteiger partial charge in [-0.05, 0) is 43.2 Å². The number of rotatable bonds is 7. The summed E-state index contributed by atoms with van der Waals surface area (Å²) in [6, 6.07) is 8.62. The topological polar surface area (TPSA) is 127 Å². The molecule has 1 saturated heterocycles. The number of hydrogen-bond acceptors (Lipinski definition) is 6. The van der Waals surface area contributed by atoms with E-state index < -0.39 is 84.5 Å². The average molecular weight is 644 g/mol. The summed E-state index contributed by atoms with van der Waals surface area (Å²) < 4.78 is 57.0. The molecule has 3 amide bonds. The molecule has 1 aliphatic heterocycles. The van der Waals surface area contributed by atoms with Crippen molar-refractivity contribution in [2.45, 2.75) is 62.3 Å². The first-order valence-corrected chi connectivity index (χ1v) is 14.4. The maximum absolute atomic E-state index is 14.6. The molecule has 9 nitrogen and oxygen atoms in total. The zero-order chi connectivity index (χ0) is 32.5. The average Bonchev–Trinajstić information content (AvgIpc) is 3.30. The van der Waals surface area contributed by atoms with Crippen LogP contribution in [0, 0.1) is 23.0 Å². The van der Waals surface area contributed by atoms with Gasteiger partial charge in [-0.1, -0.05) is 29.8 Å². The summed E-state index contributed by atoms with van der Waals surface area (Å²) in [7, 11) is 0. The molecular weight excluding hydrogens is 618 g/mol. The molecule has 0 bridgehead atoms. The maximum atomic E-state index is 14.6. The monoisotopic (exact) mass is 643 g/mol.